The lowest BCUT2D eigenvalue weighted by molar-refractivity contribution is -0.124. The van der Waals surface area contributed by atoms with Crippen LogP contribution >= 0.6 is 11.7 Å². The topological polar surface area (TPSA) is 135 Å². The number of hydrogen-bond donors (Lipinski definition) is 2. The minimum atomic E-state index is -4.04. The molecule has 0 spiro atoms. The van der Waals surface area contributed by atoms with E-state index in [0.29, 0.717) is 5.52 Å². The molecule has 1 aliphatic rings. The number of carbonyl (C=O) groups excluding carboxylic acids is 1. The molecule has 23 heavy (non-hydrogen) atoms. The lowest BCUT2D eigenvalue weighted by atomic mass is 10.1. The first-order chi connectivity index (χ1) is 10.8. The van der Waals surface area contributed by atoms with Crippen molar-refractivity contribution in [1.82, 2.24) is 19.0 Å². The van der Waals surface area contributed by atoms with Crippen LogP contribution in [0, 0.1) is 5.92 Å². The molecular formula is C11H12N4O5S3. The highest BCUT2D eigenvalue weighted by Crippen LogP contribution is 2.21. The van der Waals surface area contributed by atoms with E-state index in [2.05, 4.69) is 14.2 Å². The number of hydrazine groups is 1. The second-order valence-electron chi connectivity index (χ2n) is 5.08. The average Bonchev–Trinajstić information content (AvgIpc) is 3.10. The van der Waals surface area contributed by atoms with Crippen LogP contribution < -0.4 is 10.3 Å². The number of fused-ring (bicyclic) bond motifs is 1. The van der Waals surface area contributed by atoms with E-state index in [9.17, 15) is 21.6 Å². The molecule has 1 saturated heterocycles. The predicted octanol–water partition coefficient (Wildman–Crippen LogP) is -0.565. The Balaban J connectivity index is 1.75. The molecule has 2 aromatic rings. The van der Waals surface area contributed by atoms with Crippen molar-refractivity contribution in [3.05, 3.63) is 18.2 Å². The monoisotopic (exact) mass is 376 g/mol. The molecule has 0 saturated carbocycles. The highest BCUT2D eigenvalue weighted by molar-refractivity contribution is 7.91. The summed E-state index contributed by atoms with van der Waals surface area (Å²) < 4.78 is 55.2. The smallest absolute Gasteiger partial charge is 0.259 e. The van der Waals surface area contributed by atoms with Gasteiger partial charge in [-0.1, -0.05) is 6.07 Å². The number of aromatic nitrogens is 2. The van der Waals surface area contributed by atoms with Crippen molar-refractivity contribution in [3.63, 3.8) is 0 Å². The minimum absolute atomic E-state index is 0.0678. The molecule has 1 aliphatic heterocycles. The highest BCUT2D eigenvalue weighted by atomic mass is 32.2. The minimum Gasteiger partial charge on any atom is -0.277 e. The fourth-order valence-corrected chi connectivity index (χ4v) is 5.63. The predicted molar refractivity (Wildman–Crippen MR) is 82.6 cm³/mol. The number of amides is 1. The first-order valence-corrected chi connectivity index (χ1v) is 10.6. The van der Waals surface area contributed by atoms with E-state index in [1.54, 1.807) is 6.07 Å². The molecule has 1 aromatic carbocycles. The number of carbonyl (C=O) groups is 1. The molecule has 0 aliphatic carbocycles. The van der Waals surface area contributed by atoms with E-state index in [0.717, 1.165) is 11.7 Å². The maximum absolute atomic E-state index is 12.3. The van der Waals surface area contributed by atoms with Gasteiger partial charge in [0, 0.05) is 0 Å². The van der Waals surface area contributed by atoms with Crippen molar-refractivity contribution in [3.8, 4) is 0 Å². The van der Waals surface area contributed by atoms with E-state index in [1.165, 1.54) is 12.1 Å². The Morgan fingerprint density at radius 2 is 2.09 bits per heavy atom. The number of rotatable bonds is 4. The van der Waals surface area contributed by atoms with Crippen molar-refractivity contribution >= 4 is 48.5 Å². The van der Waals surface area contributed by atoms with Gasteiger partial charge in [-0.25, -0.2) is 16.8 Å². The zero-order valence-corrected chi connectivity index (χ0v) is 14.0. The number of nitrogens with zero attached hydrogens (tertiary/aromatic N) is 2. The Bertz CT molecular complexity index is 966. The van der Waals surface area contributed by atoms with Crippen LogP contribution in [0.1, 0.15) is 6.42 Å². The molecule has 3 rings (SSSR count). The van der Waals surface area contributed by atoms with Crippen LogP contribution in [-0.4, -0.2) is 43.0 Å². The number of nitrogens with one attached hydrogen (secondary N) is 2. The standard InChI is InChI=1S/C11H12N4O5S3/c16-11(7-4-5-22(17,18)6-7)12-15-23(19,20)9-3-1-2-8-10(9)14-21-13-8/h1-3,7,15H,4-6H2,(H,12,16)/t7-/m0/s1. The highest BCUT2D eigenvalue weighted by Gasteiger charge is 2.33. The summed E-state index contributed by atoms with van der Waals surface area (Å²) in [4.78, 5) is 13.8. The van der Waals surface area contributed by atoms with Crippen molar-refractivity contribution < 1.29 is 21.6 Å². The summed E-state index contributed by atoms with van der Waals surface area (Å²) in [6.07, 6.45) is 0.182. The molecule has 9 nitrogen and oxygen atoms in total. The molecule has 0 radical (unpaired) electrons. The molecule has 12 heteroatoms. The second kappa shape index (κ2) is 5.78. The van der Waals surface area contributed by atoms with Crippen molar-refractivity contribution in [2.75, 3.05) is 11.5 Å². The van der Waals surface area contributed by atoms with Gasteiger partial charge >= 0.3 is 0 Å². The molecule has 1 fully saturated rings. The summed E-state index contributed by atoms with van der Waals surface area (Å²) in [6, 6.07) is 4.49. The summed E-state index contributed by atoms with van der Waals surface area (Å²) in [5, 5.41) is 0. The Kier molecular flexibility index (Phi) is 4.08. The molecule has 2 N–H and O–H groups in total. The third-order valence-electron chi connectivity index (χ3n) is 3.45. The zero-order chi connectivity index (χ0) is 16.7. The van der Waals surface area contributed by atoms with Crippen LogP contribution in [0.2, 0.25) is 0 Å². The van der Waals surface area contributed by atoms with Crippen molar-refractivity contribution in [2.24, 2.45) is 5.92 Å². The largest absolute Gasteiger partial charge is 0.277 e. The van der Waals surface area contributed by atoms with Crippen LogP contribution in [0.15, 0.2) is 23.1 Å². The first-order valence-electron chi connectivity index (χ1n) is 6.52. The van der Waals surface area contributed by atoms with E-state index in [-0.39, 0.29) is 28.3 Å². The molecule has 0 unspecified atom stereocenters. The van der Waals surface area contributed by atoms with Gasteiger partial charge in [0.15, 0.2) is 9.84 Å². The van der Waals surface area contributed by atoms with Gasteiger partial charge in [0.1, 0.15) is 15.9 Å². The number of sulfonamides is 1. The molecular weight excluding hydrogens is 364 g/mol. The summed E-state index contributed by atoms with van der Waals surface area (Å²) in [5.74, 6) is -1.76. The number of hydrogen-bond acceptors (Lipinski definition) is 8. The third kappa shape index (κ3) is 3.34. The van der Waals surface area contributed by atoms with E-state index in [1.807, 2.05) is 4.83 Å². The molecule has 1 aromatic heterocycles. The molecule has 0 bridgehead atoms. The van der Waals surface area contributed by atoms with Crippen molar-refractivity contribution in [1.29, 1.82) is 0 Å². The lowest BCUT2D eigenvalue weighted by Crippen LogP contribution is -2.44. The quantitative estimate of drug-likeness (QED) is 0.683. The normalized spacial score (nSPS) is 20.6. The van der Waals surface area contributed by atoms with Crippen LogP contribution in [0.25, 0.3) is 11.0 Å². The molecule has 1 amide bonds. The van der Waals surface area contributed by atoms with E-state index < -0.39 is 31.7 Å². The SMILES string of the molecule is O=C(NNS(=O)(=O)c1cccc2nsnc12)[C@H]1CCS(=O)(=O)C1. The molecule has 1 atom stereocenters. The Morgan fingerprint density at radius 3 is 2.78 bits per heavy atom. The van der Waals surface area contributed by atoms with Gasteiger partial charge in [-0.2, -0.15) is 8.75 Å². The lowest BCUT2D eigenvalue weighted by Gasteiger charge is -2.11. The van der Waals surface area contributed by atoms with Gasteiger partial charge in [0.25, 0.3) is 10.0 Å². The van der Waals surface area contributed by atoms with E-state index >= 15 is 0 Å². The van der Waals surface area contributed by atoms with Gasteiger partial charge in [0.2, 0.25) is 5.91 Å². The summed E-state index contributed by atoms with van der Waals surface area (Å²) in [5.41, 5.74) is 2.72. The maximum Gasteiger partial charge on any atom is 0.259 e. The van der Waals surface area contributed by atoms with Crippen LogP contribution in [-0.2, 0) is 24.7 Å². The van der Waals surface area contributed by atoms with Crippen LogP contribution in [0.3, 0.4) is 0 Å². The van der Waals surface area contributed by atoms with Crippen LogP contribution in [0.5, 0.6) is 0 Å². The zero-order valence-electron chi connectivity index (χ0n) is 11.6. The Hall–Kier alpha value is -1.63. The van der Waals surface area contributed by atoms with Crippen molar-refractivity contribution in [2.45, 2.75) is 11.3 Å². The van der Waals surface area contributed by atoms with Gasteiger partial charge in [-0.15, -0.1) is 4.83 Å². The Morgan fingerprint density at radius 1 is 1.30 bits per heavy atom. The van der Waals surface area contributed by atoms with Gasteiger partial charge in [-0.05, 0) is 18.6 Å². The third-order valence-corrected chi connectivity index (χ3v) is 7.04. The molecule has 124 valence electrons. The average molecular weight is 376 g/mol. The Labute approximate surface area is 136 Å². The van der Waals surface area contributed by atoms with Crippen LogP contribution in [0.4, 0.5) is 0 Å². The van der Waals surface area contributed by atoms with Gasteiger partial charge in [0.05, 0.1) is 29.2 Å². The fourth-order valence-electron chi connectivity index (χ4n) is 2.27. The van der Waals surface area contributed by atoms with Gasteiger partial charge in [-0.3, -0.25) is 10.2 Å². The second-order valence-corrected chi connectivity index (χ2v) is 9.49. The first kappa shape index (κ1) is 16.2. The fraction of sp³-hybridized carbons (Fsp3) is 0.364. The summed E-state index contributed by atoms with van der Waals surface area (Å²) in [6.45, 7) is 0. The van der Waals surface area contributed by atoms with Gasteiger partial charge < -0.3 is 0 Å². The van der Waals surface area contributed by atoms with E-state index in [4.69, 9.17) is 0 Å². The number of sulfone groups is 1. The summed E-state index contributed by atoms with van der Waals surface area (Å²) >= 11 is 0.881. The summed E-state index contributed by atoms with van der Waals surface area (Å²) in [7, 11) is -7.26. The molecule has 2 heterocycles. The number of benzene rings is 1. The maximum atomic E-state index is 12.3.